The Morgan fingerprint density at radius 1 is 1.59 bits per heavy atom. The monoisotopic (exact) mass is 254 g/mol. The number of hydrogen-bond acceptors (Lipinski definition) is 3. The summed E-state index contributed by atoms with van der Waals surface area (Å²) in [6.07, 6.45) is 5.14. The molecule has 1 aromatic rings. The van der Waals surface area contributed by atoms with Crippen molar-refractivity contribution in [1.29, 1.82) is 0 Å². The van der Waals surface area contributed by atoms with Crippen LogP contribution in [0, 0.1) is 5.92 Å². The van der Waals surface area contributed by atoms with Gasteiger partial charge in [-0.1, -0.05) is 6.92 Å². The fraction of sp³-hybridized carbons (Fsp3) is 0.615. The predicted molar refractivity (Wildman–Crippen MR) is 70.6 cm³/mol. The minimum atomic E-state index is 0.298. The Kier molecular flexibility index (Phi) is 4.24. The number of aromatic nitrogens is 1. The lowest BCUT2D eigenvalue weighted by Gasteiger charge is -2.38. The zero-order valence-corrected chi connectivity index (χ0v) is 11.2. The number of alkyl halides is 1. The Hall–Kier alpha value is -0.800. The molecule has 0 bridgehead atoms. The van der Waals surface area contributed by atoms with Gasteiger partial charge in [0.1, 0.15) is 0 Å². The Labute approximate surface area is 108 Å². The molecule has 1 aliphatic rings. The Balaban J connectivity index is 2.17. The van der Waals surface area contributed by atoms with Crippen LogP contribution in [0.25, 0.3) is 0 Å². The summed E-state index contributed by atoms with van der Waals surface area (Å²) in [6, 6.07) is 1.99. The Morgan fingerprint density at radius 2 is 2.41 bits per heavy atom. The molecule has 0 N–H and O–H groups in total. The zero-order valence-electron chi connectivity index (χ0n) is 10.4. The van der Waals surface area contributed by atoms with Gasteiger partial charge >= 0.3 is 0 Å². The lowest BCUT2D eigenvalue weighted by molar-refractivity contribution is 0.0498. The molecule has 0 radical (unpaired) electrons. The van der Waals surface area contributed by atoms with Gasteiger partial charge in [0, 0.05) is 32.3 Å². The molecular formula is C13H19ClN2O. The number of anilines is 1. The van der Waals surface area contributed by atoms with Gasteiger partial charge in [-0.25, -0.2) is 0 Å². The van der Waals surface area contributed by atoms with E-state index < -0.39 is 0 Å². The summed E-state index contributed by atoms with van der Waals surface area (Å²) in [4.78, 5) is 6.53. The molecule has 0 saturated carbocycles. The van der Waals surface area contributed by atoms with Gasteiger partial charge in [-0.05, 0) is 24.0 Å². The second kappa shape index (κ2) is 5.69. The van der Waals surface area contributed by atoms with E-state index in [-0.39, 0.29) is 0 Å². The maximum absolute atomic E-state index is 5.96. The minimum absolute atomic E-state index is 0.298. The summed E-state index contributed by atoms with van der Waals surface area (Å²) in [5.41, 5.74) is 2.29. The summed E-state index contributed by atoms with van der Waals surface area (Å²) < 4.78 is 5.53. The van der Waals surface area contributed by atoms with Crippen molar-refractivity contribution in [2.45, 2.75) is 25.3 Å². The summed E-state index contributed by atoms with van der Waals surface area (Å²) in [6.45, 7) is 4.22. The van der Waals surface area contributed by atoms with E-state index in [1.807, 2.05) is 12.3 Å². The minimum Gasteiger partial charge on any atom is -0.379 e. The first-order chi connectivity index (χ1) is 8.26. The average Bonchev–Trinajstić information content (AvgIpc) is 2.39. The van der Waals surface area contributed by atoms with Crippen LogP contribution in [0.4, 0.5) is 5.69 Å². The molecule has 2 heterocycles. The van der Waals surface area contributed by atoms with E-state index >= 15 is 0 Å². The second-order valence-corrected chi connectivity index (χ2v) is 4.89. The number of halogens is 1. The maximum atomic E-state index is 5.96. The van der Waals surface area contributed by atoms with E-state index in [0.29, 0.717) is 17.9 Å². The van der Waals surface area contributed by atoms with Crippen molar-refractivity contribution in [3.8, 4) is 0 Å². The molecule has 2 unspecified atom stereocenters. The third-order valence-corrected chi connectivity index (χ3v) is 3.85. The number of hydrogen-bond donors (Lipinski definition) is 0. The first-order valence-corrected chi connectivity index (χ1v) is 6.56. The van der Waals surface area contributed by atoms with Crippen molar-refractivity contribution in [2.24, 2.45) is 5.92 Å². The van der Waals surface area contributed by atoms with Gasteiger partial charge in [0.2, 0.25) is 0 Å². The number of pyridine rings is 1. The Bertz CT molecular complexity index is 372. The van der Waals surface area contributed by atoms with E-state index in [1.165, 1.54) is 0 Å². The second-order valence-electron chi connectivity index (χ2n) is 4.62. The van der Waals surface area contributed by atoms with Crippen LogP contribution in [0.1, 0.15) is 18.9 Å². The van der Waals surface area contributed by atoms with Gasteiger partial charge in [0.15, 0.2) is 0 Å². The van der Waals surface area contributed by atoms with Crippen molar-refractivity contribution in [1.82, 2.24) is 4.98 Å². The molecule has 0 spiro atoms. The third kappa shape index (κ3) is 2.72. The van der Waals surface area contributed by atoms with Crippen molar-refractivity contribution in [2.75, 3.05) is 25.1 Å². The van der Waals surface area contributed by atoms with E-state index in [4.69, 9.17) is 16.3 Å². The van der Waals surface area contributed by atoms with E-state index in [9.17, 15) is 0 Å². The van der Waals surface area contributed by atoms with Gasteiger partial charge in [0.25, 0.3) is 0 Å². The highest BCUT2D eigenvalue weighted by Gasteiger charge is 2.27. The highest BCUT2D eigenvalue weighted by molar-refractivity contribution is 6.17. The normalized spacial score (nSPS) is 25.0. The topological polar surface area (TPSA) is 25.4 Å². The molecule has 94 valence electrons. The van der Waals surface area contributed by atoms with Crippen LogP contribution in [0.3, 0.4) is 0 Å². The molecular weight excluding hydrogens is 236 g/mol. The molecule has 0 amide bonds. The van der Waals surface area contributed by atoms with Gasteiger partial charge in [-0.2, -0.15) is 0 Å². The fourth-order valence-corrected chi connectivity index (χ4v) is 2.60. The largest absolute Gasteiger partial charge is 0.379 e. The van der Waals surface area contributed by atoms with Crippen LogP contribution in [-0.4, -0.2) is 31.3 Å². The quantitative estimate of drug-likeness (QED) is 0.776. The first-order valence-electron chi connectivity index (χ1n) is 6.03. The smallest absolute Gasteiger partial charge is 0.0772 e. The molecule has 1 aliphatic heterocycles. The van der Waals surface area contributed by atoms with E-state index in [0.717, 1.165) is 30.8 Å². The van der Waals surface area contributed by atoms with Gasteiger partial charge < -0.3 is 9.64 Å². The van der Waals surface area contributed by atoms with Crippen molar-refractivity contribution >= 4 is 17.3 Å². The van der Waals surface area contributed by atoms with Crippen LogP contribution in [0.15, 0.2) is 18.5 Å². The van der Waals surface area contributed by atoms with Crippen molar-refractivity contribution in [3.05, 3.63) is 24.0 Å². The molecule has 1 aromatic heterocycles. The standard InChI is InChI=1S/C13H19ClN2O/c1-10-4-6-16(9-13(10)17-2)12-8-15-5-3-11(12)7-14/h3,5,8,10,13H,4,6-7,9H2,1-2H3. The van der Waals surface area contributed by atoms with Crippen molar-refractivity contribution in [3.63, 3.8) is 0 Å². The van der Waals surface area contributed by atoms with E-state index in [2.05, 4.69) is 16.8 Å². The zero-order chi connectivity index (χ0) is 12.3. The molecule has 2 rings (SSSR count). The first kappa shape index (κ1) is 12.7. The van der Waals surface area contributed by atoms with Crippen LogP contribution in [0.2, 0.25) is 0 Å². The summed E-state index contributed by atoms with van der Waals surface area (Å²) in [5.74, 6) is 1.15. The predicted octanol–water partition coefficient (Wildman–Crippen LogP) is 2.68. The van der Waals surface area contributed by atoms with E-state index in [1.54, 1.807) is 13.3 Å². The SMILES string of the molecule is COC1CN(c2cnccc2CCl)CCC1C. The maximum Gasteiger partial charge on any atom is 0.0772 e. The number of rotatable bonds is 3. The number of methoxy groups -OCH3 is 1. The van der Waals surface area contributed by atoms with Crippen molar-refractivity contribution < 1.29 is 4.74 Å². The molecule has 1 fully saturated rings. The van der Waals surface area contributed by atoms with Crippen LogP contribution in [-0.2, 0) is 10.6 Å². The molecule has 1 saturated heterocycles. The Morgan fingerprint density at radius 3 is 3.12 bits per heavy atom. The number of ether oxygens (including phenoxy) is 1. The van der Waals surface area contributed by atoms with Crippen LogP contribution >= 0.6 is 11.6 Å². The summed E-state index contributed by atoms with van der Waals surface area (Å²) >= 11 is 5.96. The lowest BCUT2D eigenvalue weighted by atomic mass is 9.95. The lowest BCUT2D eigenvalue weighted by Crippen LogP contribution is -2.44. The van der Waals surface area contributed by atoms with Crippen LogP contribution in [0.5, 0.6) is 0 Å². The summed E-state index contributed by atoms with van der Waals surface area (Å²) in [7, 11) is 1.79. The number of nitrogens with zero attached hydrogens (tertiary/aromatic N) is 2. The average molecular weight is 255 g/mol. The number of piperidine rings is 1. The highest BCUT2D eigenvalue weighted by Crippen LogP contribution is 2.27. The van der Waals surface area contributed by atoms with Crippen LogP contribution < -0.4 is 4.90 Å². The molecule has 17 heavy (non-hydrogen) atoms. The third-order valence-electron chi connectivity index (χ3n) is 3.56. The molecule has 0 aromatic carbocycles. The molecule has 2 atom stereocenters. The summed E-state index contributed by atoms with van der Waals surface area (Å²) in [5, 5.41) is 0. The molecule has 4 heteroatoms. The van der Waals surface area contributed by atoms with Gasteiger partial charge in [0.05, 0.1) is 18.0 Å². The molecule has 3 nitrogen and oxygen atoms in total. The fourth-order valence-electron chi connectivity index (χ4n) is 2.37. The van der Waals surface area contributed by atoms with Gasteiger partial charge in [-0.3, -0.25) is 4.98 Å². The molecule has 0 aliphatic carbocycles. The highest BCUT2D eigenvalue weighted by atomic mass is 35.5. The van der Waals surface area contributed by atoms with Gasteiger partial charge in [-0.15, -0.1) is 11.6 Å².